The van der Waals surface area contributed by atoms with Gasteiger partial charge in [-0.05, 0) is 43.0 Å². The van der Waals surface area contributed by atoms with Crippen molar-refractivity contribution in [1.29, 1.82) is 0 Å². The maximum atomic E-state index is 13.2. The normalized spacial score (nSPS) is 13.0. The molecule has 4 aromatic carbocycles. The summed E-state index contributed by atoms with van der Waals surface area (Å²) < 4.78 is 19.0. The molecule has 31 heavy (non-hydrogen) atoms. The number of fused-ring (bicyclic) bond motifs is 1. The van der Waals surface area contributed by atoms with Crippen LogP contribution in [0.1, 0.15) is 11.1 Å². The van der Waals surface area contributed by atoms with Crippen molar-refractivity contribution in [3.05, 3.63) is 100 Å². The molecule has 0 aliphatic carbocycles. The van der Waals surface area contributed by atoms with E-state index in [-0.39, 0.29) is 16.7 Å². The van der Waals surface area contributed by atoms with E-state index in [1.165, 1.54) is 6.07 Å². The van der Waals surface area contributed by atoms with E-state index in [1.54, 1.807) is 61.5 Å². The minimum atomic E-state index is -4.26. The Balaban J connectivity index is 1.98. The first-order chi connectivity index (χ1) is 14.8. The monoisotopic (exact) mass is 433 g/mol. The molecule has 0 saturated heterocycles. The molecule has 156 valence electrons. The van der Waals surface area contributed by atoms with E-state index >= 15 is 0 Å². The Bertz CT molecular complexity index is 1350. The molecule has 0 fully saturated rings. The number of hydrogen-bond donors (Lipinski definition) is 1. The maximum absolute atomic E-state index is 13.2. The van der Waals surface area contributed by atoms with Crippen molar-refractivity contribution in [1.82, 2.24) is 0 Å². The Morgan fingerprint density at radius 3 is 2.32 bits per heavy atom. The van der Waals surface area contributed by atoms with Gasteiger partial charge < -0.3 is 9.42 Å². The second-order valence-electron chi connectivity index (χ2n) is 7.34. The molecule has 0 heterocycles. The van der Waals surface area contributed by atoms with E-state index < -0.39 is 12.5 Å². The predicted octanol–water partition coefficient (Wildman–Crippen LogP) is 5.92. The lowest BCUT2D eigenvalue weighted by molar-refractivity contribution is -0.384. The highest BCUT2D eigenvalue weighted by molar-refractivity contribution is 7.61. The molecule has 0 amide bonds. The summed E-state index contributed by atoms with van der Waals surface area (Å²) in [6.45, 7) is 3.65. The topological polar surface area (TPSA) is 89.7 Å². The van der Waals surface area contributed by atoms with Crippen LogP contribution in [0.5, 0.6) is 5.75 Å². The third-order valence-corrected chi connectivity index (χ3v) is 6.55. The number of nitro benzene ring substituents is 1. The van der Waals surface area contributed by atoms with E-state index in [0.717, 1.165) is 10.9 Å². The predicted molar refractivity (Wildman–Crippen MR) is 122 cm³/mol. The highest BCUT2D eigenvalue weighted by Crippen LogP contribution is 2.49. The van der Waals surface area contributed by atoms with Crippen LogP contribution < -0.4 is 9.83 Å². The molecule has 6 nitrogen and oxygen atoms in total. The highest BCUT2D eigenvalue weighted by Gasteiger charge is 2.29. The van der Waals surface area contributed by atoms with E-state index in [1.807, 2.05) is 25.1 Å². The van der Waals surface area contributed by atoms with Crippen LogP contribution in [0.15, 0.2) is 78.9 Å². The number of rotatable bonds is 5. The Kier molecular flexibility index (Phi) is 5.36. The first-order valence-corrected chi connectivity index (χ1v) is 11.2. The fraction of sp³-hybridized carbons (Fsp3) is 0.0833. The second-order valence-corrected chi connectivity index (χ2v) is 9.08. The lowest BCUT2D eigenvalue weighted by Crippen LogP contribution is -2.10. The zero-order valence-corrected chi connectivity index (χ0v) is 17.9. The average Bonchev–Trinajstić information content (AvgIpc) is 2.74. The van der Waals surface area contributed by atoms with Crippen LogP contribution in [0.4, 0.5) is 5.69 Å². The Morgan fingerprint density at radius 2 is 1.61 bits per heavy atom. The largest absolute Gasteiger partial charge is 0.420 e. The minimum absolute atomic E-state index is 0.0942. The van der Waals surface area contributed by atoms with Crippen LogP contribution in [0.3, 0.4) is 0 Å². The molecule has 1 unspecified atom stereocenters. The Labute approximate surface area is 179 Å². The molecule has 0 spiro atoms. The average molecular weight is 433 g/mol. The molecule has 4 rings (SSSR count). The summed E-state index contributed by atoms with van der Waals surface area (Å²) in [5.41, 5.74) is 2.27. The fourth-order valence-electron chi connectivity index (χ4n) is 3.60. The van der Waals surface area contributed by atoms with Crippen LogP contribution in [0, 0.1) is 24.0 Å². The van der Waals surface area contributed by atoms with Gasteiger partial charge in [0, 0.05) is 17.0 Å². The molecule has 4 aromatic rings. The van der Waals surface area contributed by atoms with Crippen LogP contribution in [-0.4, -0.2) is 9.82 Å². The van der Waals surface area contributed by atoms with Crippen LogP contribution in [0.25, 0.3) is 21.9 Å². The molecule has 0 aliphatic rings. The number of nitrogens with zero attached hydrogens (tertiary/aromatic N) is 1. The molecule has 0 bridgehead atoms. The molecule has 0 aliphatic heterocycles. The van der Waals surface area contributed by atoms with Gasteiger partial charge in [0.05, 0.1) is 15.8 Å². The summed E-state index contributed by atoms with van der Waals surface area (Å²) in [6.07, 6.45) is 0. The Hall–Kier alpha value is -3.47. The maximum Gasteiger partial charge on any atom is 0.408 e. The second kappa shape index (κ2) is 7.99. The minimum Gasteiger partial charge on any atom is -0.420 e. The van der Waals surface area contributed by atoms with Gasteiger partial charge in [0.25, 0.3) is 5.69 Å². The molecular formula is C24H20NO5P. The van der Waals surface area contributed by atoms with Gasteiger partial charge in [-0.1, -0.05) is 60.2 Å². The first-order valence-electron chi connectivity index (χ1n) is 9.64. The van der Waals surface area contributed by atoms with Gasteiger partial charge in [0.1, 0.15) is 5.75 Å². The highest BCUT2D eigenvalue weighted by atomic mass is 31.2. The van der Waals surface area contributed by atoms with Crippen molar-refractivity contribution in [3.63, 3.8) is 0 Å². The van der Waals surface area contributed by atoms with E-state index in [9.17, 15) is 19.6 Å². The van der Waals surface area contributed by atoms with Crippen molar-refractivity contribution < 1.29 is 18.9 Å². The van der Waals surface area contributed by atoms with E-state index in [0.29, 0.717) is 22.1 Å². The van der Waals surface area contributed by atoms with Crippen molar-refractivity contribution in [2.75, 3.05) is 0 Å². The molecule has 7 heteroatoms. The molecular weight excluding hydrogens is 413 g/mol. The Morgan fingerprint density at radius 1 is 0.903 bits per heavy atom. The fourth-order valence-corrected chi connectivity index (χ4v) is 4.68. The zero-order valence-electron chi connectivity index (χ0n) is 17.0. The van der Waals surface area contributed by atoms with Gasteiger partial charge in [-0.3, -0.25) is 10.1 Å². The summed E-state index contributed by atoms with van der Waals surface area (Å²) in [7, 11) is -4.26. The number of aryl methyl sites for hydroxylation is 2. The lowest BCUT2D eigenvalue weighted by Gasteiger charge is -2.19. The SMILES string of the molecule is Cc1ccc(P(=O)(O)Oc2c(-c3c(C)cccc3[N+](=O)[O-])ccc3ccccc23)cc1. The van der Waals surface area contributed by atoms with Gasteiger partial charge in [-0.25, -0.2) is 4.57 Å². The third-order valence-electron chi connectivity index (χ3n) is 5.17. The smallest absolute Gasteiger partial charge is 0.408 e. The van der Waals surface area contributed by atoms with Gasteiger partial charge in [0.15, 0.2) is 0 Å². The van der Waals surface area contributed by atoms with E-state index in [2.05, 4.69) is 0 Å². The zero-order chi connectivity index (χ0) is 22.2. The standard InChI is InChI=1S/C24H20NO5P/c1-16-10-13-19(14-11-16)31(28,29)30-24-20-8-4-3-7-18(20)12-15-21(24)23-17(2)6-5-9-22(23)25(26)27/h3-15H,1-2H3,(H,28,29). The van der Waals surface area contributed by atoms with Gasteiger partial charge in [-0.15, -0.1) is 0 Å². The van der Waals surface area contributed by atoms with Crippen molar-refractivity contribution >= 4 is 29.4 Å². The van der Waals surface area contributed by atoms with Crippen molar-refractivity contribution in [2.24, 2.45) is 0 Å². The van der Waals surface area contributed by atoms with Crippen LogP contribution in [0.2, 0.25) is 0 Å². The van der Waals surface area contributed by atoms with Crippen molar-refractivity contribution in [3.8, 4) is 16.9 Å². The molecule has 0 saturated carbocycles. The van der Waals surface area contributed by atoms with Crippen LogP contribution in [-0.2, 0) is 4.57 Å². The molecule has 1 atom stereocenters. The summed E-state index contributed by atoms with van der Waals surface area (Å²) in [5, 5.41) is 13.3. The molecule has 1 N–H and O–H groups in total. The summed E-state index contributed by atoms with van der Waals surface area (Å²) in [4.78, 5) is 22.1. The van der Waals surface area contributed by atoms with E-state index in [4.69, 9.17) is 4.52 Å². The number of hydrogen-bond acceptors (Lipinski definition) is 4. The molecule has 0 aromatic heterocycles. The lowest BCUT2D eigenvalue weighted by atomic mass is 9.95. The number of benzene rings is 4. The summed E-state index contributed by atoms with van der Waals surface area (Å²) in [5.74, 6) is 0.141. The first kappa shape index (κ1) is 20.8. The quantitative estimate of drug-likeness (QED) is 0.240. The van der Waals surface area contributed by atoms with Crippen LogP contribution >= 0.6 is 7.60 Å². The number of nitro groups is 1. The summed E-state index contributed by atoms with van der Waals surface area (Å²) >= 11 is 0. The van der Waals surface area contributed by atoms with Crippen molar-refractivity contribution in [2.45, 2.75) is 13.8 Å². The van der Waals surface area contributed by atoms with Gasteiger partial charge in [-0.2, -0.15) is 0 Å². The summed E-state index contributed by atoms with van der Waals surface area (Å²) in [6, 6.07) is 22.1. The molecule has 0 radical (unpaired) electrons. The van der Waals surface area contributed by atoms with Gasteiger partial charge >= 0.3 is 7.60 Å². The third kappa shape index (κ3) is 3.96. The van der Waals surface area contributed by atoms with Gasteiger partial charge in [0.2, 0.25) is 0 Å².